The van der Waals surface area contributed by atoms with E-state index in [2.05, 4.69) is 0 Å². The van der Waals surface area contributed by atoms with Gasteiger partial charge in [0.1, 0.15) is 5.84 Å². The fraction of sp³-hybridized carbons (Fsp3) is 0.462. The smallest absolute Gasteiger partial charge is 0.122 e. The number of hydrogen-bond donors (Lipinski definition) is 2. The summed E-state index contributed by atoms with van der Waals surface area (Å²) in [6, 6.07) is 5.75. The van der Waals surface area contributed by atoms with Gasteiger partial charge in [-0.2, -0.15) is 0 Å². The molecule has 88 valence electrons. The molecule has 1 rings (SSSR count). The number of nitrogen functional groups attached to an aromatic ring is 1. The van der Waals surface area contributed by atoms with Gasteiger partial charge in [-0.05, 0) is 44.9 Å². The van der Waals surface area contributed by atoms with Gasteiger partial charge in [0.2, 0.25) is 0 Å². The second-order valence-electron chi connectivity index (χ2n) is 4.96. The zero-order valence-corrected chi connectivity index (χ0v) is 10.4. The van der Waals surface area contributed by atoms with Crippen molar-refractivity contribution in [3.63, 3.8) is 0 Å². The first kappa shape index (κ1) is 12.7. The highest BCUT2D eigenvalue weighted by atomic mass is 16.5. The largest absolute Gasteiger partial charge is 0.384 e. The molecule has 0 unspecified atom stereocenters. The van der Waals surface area contributed by atoms with Crippen LogP contribution in [0.25, 0.3) is 0 Å². The van der Waals surface area contributed by atoms with Gasteiger partial charge in [-0.25, -0.2) is 0 Å². The number of rotatable bonds is 3. The molecule has 0 radical (unpaired) electrons. The molecule has 0 heterocycles. The lowest BCUT2D eigenvalue weighted by molar-refractivity contribution is -0.0151. The van der Waals surface area contributed by atoms with Gasteiger partial charge in [0.25, 0.3) is 0 Å². The summed E-state index contributed by atoms with van der Waals surface area (Å²) in [5, 5.41) is 7.35. The summed E-state index contributed by atoms with van der Waals surface area (Å²) in [5.74, 6) is 0.103. The molecule has 0 saturated heterocycles. The van der Waals surface area contributed by atoms with Crippen molar-refractivity contribution in [2.75, 3.05) is 0 Å². The van der Waals surface area contributed by atoms with Crippen LogP contribution in [0, 0.1) is 12.3 Å². The lowest BCUT2D eigenvalue weighted by Crippen LogP contribution is -2.19. The van der Waals surface area contributed by atoms with E-state index in [0.29, 0.717) is 6.61 Å². The zero-order chi connectivity index (χ0) is 12.3. The third-order valence-electron chi connectivity index (χ3n) is 2.31. The number of amidine groups is 1. The first-order valence-electron chi connectivity index (χ1n) is 5.37. The highest BCUT2D eigenvalue weighted by molar-refractivity contribution is 5.95. The van der Waals surface area contributed by atoms with E-state index in [9.17, 15) is 0 Å². The number of nitrogens with two attached hydrogens (primary N) is 1. The first-order valence-corrected chi connectivity index (χ1v) is 5.37. The molecule has 0 amide bonds. The molecule has 0 saturated carbocycles. The Kier molecular flexibility index (Phi) is 3.70. The van der Waals surface area contributed by atoms with Gasteiger partial charge >= 0.3 is 0 Å². The van der Waals surface area contributed by atoms with Crippen molar-refractivity contribution >= 4 is 5.84 Å². The summed E-state index contributed by atoms with van der Waals surface area (Å²) in [7, 11) is 0. The summed E-state index contributed by atoms with van der Waals surface area (Å²) in [4.78, 5) is 0. The lowest BCUT2D eigenvalue weighted by atomic mass is 10.0. The van der Waals surface area contributed by atoms with Crippen LogP contribution < -0.4 is 5.73 Å². The van der Waals surface area contributed by atoms with Crippen molar-refractivity contribution in [1.82, 2.24) is 0 Å². The Morgan fingerprint density at radius 1 is 1.38 bits per heavy atom. The standard InChI is InChI=1S/C13H20N2O/c1-9-7-10(12(14)15)5-6-11(9)8-16-13(2,3)4/h5-7H,8H2,1-4H3,(H3,14,15). The second-order valence-corrected chi connectivity index (χ2v) is 4.96. The average molecular weight is 220 g/mol. The van der Waals surface area contributed by atoms with Crippen molar-refractivity contribution in [3.8, 4) is 0 Å². The van der Waals surface area contributed by atoms with Crippen LogP contribution in [0.2, 0.25) is 0 Å². The molecular formula is C13H20N2O. The van der Waals surface area contributed by atoms with Crippen LogP contribution in [-0.4, -0.2) is 11.4 Å². The van der Waals surface area contributed by atoms with E-state index < -0.39 is 0 Å². The maximum Gasteiger partial charge on any atom is 0.122 e. The van der Waals surface area contributed by atoms with E-state index in [4.69, 9.17) is 15.9 Å². The Morgan fingerprint density at radius 3 is 2.44 bits per heavy atom. The SMILES string of the molecule is Cc1cc(C(=N)N)ccc1COC(C)(C)C. The molecular weight excluding hydrogens is 200 g/mol. The summed E-state index contributed by atoms with van der Waals surface area (Å²) in [5.41, 5.74) is 8.30. The molecule has 0 aliphatic carbocycles. The highest BCUT2D eigenvalue weighted by Crippen LogP contribution is 2.16. The Morgan fingerprint density at radius 2 is 2.00 bits per heavy atom. The summed E-state index contributed by atoms with van der Waals surface area (Å²) in [6.45, 7) is 8.70. The minimum absolute atomic E-state index is 0.103. The predicted molar refractivity (Wildman–Crippen MR) is 66.7 cm³/mol. The fourth-order valence-corrected chi connectivity index (χ4v) is 1.32. The molecule has 0 fully saturated rings. The van der Waals surface area contributed by atoms with E-state index in [1.165, 1.54) is 0 Å². The third kappa shape index (κ3) is 3.66. The average Bonchev–Trinajstić information content (AvgIpc) is 2.14. The van der Waals surface area contributed by atoms with Crippen molar-refractivity contribution in [2.45, 2.75) is 39.9 Å². The number of benzene rings is 1. The fourth-order valence-electron chi connectivity index (χ4n) is 1.32. The van der Waals surface area contributed by atoms with Gasteiger partial charge in [-0.3, -0.25) is 5.41 Å². The molecule has 1 aromatic carbocycles. The highest BCUT2D eigenvalue weighted by Gasteiger charge is 2.11. The van der Waals surface area contributed by atoms with Crippen molar-refractivity contribution < 1.29 is 4.74 Å². The van der Waals surface area contributed by atoms with E-state index in [1.807, 2.05) is 45.9 Å². The van der Waals surface area contributed by atoms with E-state index in [1.54, 1.807) is 0 Å². The van der Waals surface area contributed by atoms with Crippen LogP contribution in [0.4, 0.5) is 0 Å². The molecule has 0 spiro atoms. The second kappa shape index (κ2) is 4.66. The number of nitrogens with one attached hydrogen (secondary N) is 1. The van der Waals surface area contributed by atoms with Crippen LogP contribution in [0.15, 0.2) is 18.2 Å². The van der Waals surface area contributed by atoms with Gasteiger partial charge in [0.15, 0.2) is 0 Å². The van der Waals surface area contributed by atoms with Crippen LogP contribution in [0.1, 0.15) is 37.5 Å². The van der Waals surface area contributed by atoms with Crippen LogP contribution in [0.5, 0.6) is 0 Å². The van der Waals surface area contributed by atoms with E-state index in [0.717, 1.165) is 16.7 Å². The van der Waals surface area contributed by atoms with Crippen LogP contribution in [0.3, 0.4) is 0 Å². The maximum atomic E-state index is 7.35. The van der Waals surface area contributed by atoms with Gasteiger partial charge in [-0.15, -0.1) is 0 Å². The number of hydrogen-bond acceptors (Lipinski definition) is 2. The maximum absolute atomic E-state index is 7.35. The first-order chi connectivity index (χ1) is 7.29. The molecule has 0 aliphatic heterocycles. The molecule has 0 aromatic heterocycles. The van der Waals surface area contributed by atoms with E-state index >= 15 is 0 Å². The quantitative estimate of drug-likeness (QED) is 0.607. The molecule has 3 N–H and O–H groups in total. The summed E-state index contributed by atoms with van der Waals surface area (Å²) < 4.78 is 5.71. The van der Waals surface area contributed by atoms with Crippen LogP contribution in [-0.2, 0) is 11.3 Å². The minimum atomic E-state index is -0.133. The van der Waals surface area contributed by atoms with Gasteiger partial charge in [-0.1, -0.05) is 12.1 Å². The molecule has 0 atom stereocenters. The molecule has 16 heavy (non-hydrogen) atoms. The van der Waals surface area contributed by atoms with Crippen LogP contribution >= 0.6 is 0 Å². The minimum Gasteiger partial charge on any atom is -0.384 e. The predicted octanol–water partition coefficient (Wildman–Crippen LogP) is 2.59. The Hall–Kier alpha value is -1.35. The molecule has 3 nitrogen and oxygen atoms in total. The van der Waals surface area contributed by atoms with Gasteiger partial charge in [0, 0.05) is 5.56 Å². The summed E-state index contributed by atoms with van der Waals surface area (Å²) in [6.07, 6.45) is 0. The third-order valence-corrected chi connectivity index (χ3v) is 2.31. The number of aryl methyl sites for hydroxylation is 1. The van der Waals surface area contributed by atoms with Gasteiger partial charge in [0.05, 0.1) is 12.2 Å². The lowest BCUT2D eigenvalue weighted by Gasteiger charge is -2.20. The Labute approximate surface area is 97.1 Å². The van der Waals surface area contributed by atoms with Crippen molar-refractivity contribution in [3.05, 3.63) is 34.9 Å². The molecule has 0 aliphatic rings. The Balaban J connectivity index is 2.80. The molecule has 3 heteroatoms. The normalized spacial score (nSPS) is 11.5. The van der Waals surface area contributed by atoms with Crippen molar-refractivity contribution in [2.24, 2.45) is 5.73 Å². The van der Waals surface area contributed by atoms with Crippen molar-refractivity contribution in [1.29, 1.82) is 5.41 Å². The Bertz CT molecular complexity index is 391. The zero-order valence-electron chi connectivity index (χ0n) is 10.4. The van der Waals surface area contributed by atoms with E-state index in [-0.39, 0.29) is 11.4 Å². The number of ether oxygens (including phenoxy) is 1. The molecule has 1 aromatic rings. The monoisotopic (exact) mass is 220 g/mol. The summed E-state index contributed by atoms with van der Waals surface area (Å²) >= 11 is 0. The van der Waals surface area contributed by atoms with Gasteiger partial charge < -0.3 is 10.5 Å². The topological polar surface area (TPSA) is 59.1 Å². The molecule has 0 bridgehead atoms.